The SMILES string of the molecule is COC(CNC(=O)OCC1c2ccccc2-c2ccccc21)C(=O)NCCC(O)C(=O)O. The van der Waals surface area contributed by atoms with Gasteiger partial charge >= 0.3 is 12.1 Å². The number of aliphatic carboxylic acids is 1. The van der Waals surface area contributed by atoms with E-state index in [1.54, 1.807) is 0 Å². The maximum Gasteiger partial charge on any atom is 0.407 e. The zero-order valence-electron chi connectivity index (χ0n) is 17.6. The number of carboxylic acid groups (broad SMARTS) is 1. The Kier molecular flexibility index (Phi) is 7.80. The van der Waals surface area contributed by atoms with E-state index in [9.17, 15) is 19.5 Å². The minimum atomic E-state index is -1.56. The molecule has 0 spiro atoms. The quantitative estimate of drug-likeness (QED) is 0.438. The number of benzene rings is 2. The van der Waals surface area contributed by atoms with Crippen molar-refractivity contribution in [3.8, 4) is 11.1 Å². The van der Waals surface area contributed by atoms with Crippen molar-refractivity contribution in [2.75, 3.05) is 26.8 Å². The van der Waals surface area contributed by atoms with Gasteiger partial charge in [-0.05, 0) is 22.3 Å². The zero-order chi connectivity index (χ0) is 23.1. The maximum atomic E-state index is 12.2. The largest absolute Gasteiger partial charge is 0.479 e. The Bertz CT molecular complexity index is 933. The van der Waals surface area contributed by atoms with E-state index >= 15 is 0 Å². The van der Waals surface area contributed by atoms with Crippen LogP contribution in [0.5, 0.6) is 0 Å². The standard InChI is InChI=1S/C23H26N2O7/c1-31-20(21(27)24-11-10-19(26)22(28)29)12-25-23(30)32-13-18-16-8-4-2-6-14(16)15-7-3-5-9-17(15)18/h2-9,18-20,26H,10-13H2,1H3,(H,24,27)(H,25,30)(H,28,29). The van der Waals surface area contributed by atoms with Crippen LogP contribution in [0.15, 0.2) is 48.5 Å². The van der Waals surface area contributed by atoms with Gasteiger partial charge in [0.2, 0.25) is 0 Å². The molecule has 2 unspecified atom stereocenters. The van der Waals surface area contributed by atoms with Gasteiger partial charge in [-0.25, -0.2) is 9.59 Å². The summed E-state index contributed by atoms with van der Waals surface area (Å²) in [6.07, 6.45) is -3.37. The summed E-state index contributed by atoms with van der Waals surface area (Å²) in [5, 5.41) is 22.8. The van der Waals surface area contributed by atoms with Gasteiger partial charge in [0.1, 0.15) is 6.61 Å². The Morgan fingerprint density at radius 2 is 1.59 bits per heavy atom. The lowest BCUT2D eigenvalue weighted by molar-refractivity contribution is -0.147. The molecule has 1 aliphatic carbocycles. The van der Waals surface area contributed by atoms with Crippen molar-refractivity contribution in [1.29, 1.82) is 0 Å². The first kappa shape index (κ1) is 23.2. The van der Waals surface area contributed by atoms with Gasteiger partial charge in [-0.3, -0.25) is 4.79 Å². The van der Waals surface area contributed by atoms with Crippen molar-refractivity contribution in [3.05, 3.63) is 59.7 Å². The first-order valence-electron chi connectivity index (χ1n) is 10.2. The molecule has 3 rings (SSSR count). The highest BCUT2D eigenvalue weighted by molar-refractivity contribution is 5.82. The minimum absolute atomic E-state index is 0.0445. The number of carbonyl (C=O) groups is 3. The molecular weight excluding hydrogens is 416 g/mol. The topological polar surface area (TPSA) is 134 Å². The molecule has 0 bridgehead atoms. The van der Waals surface area contributed by atoms with Crippen molar-refractivity contribution >= 4 is 18.0 Å². The summed E-state index contributed by atoms with van der Waals surface area (Å²) >= 11 is 0. The summed E-state index contributed by atoms with van der Waals surface area (Å²) in [4.78, 5) is 34.9. The summed E-state index contributed by atoms with van der Waals surface area (Å²) in [5.74, 6) is -1.97. The van der Waals surface area contributed by atoms with Crippen molar-refractivity contribution in [2.45, 2.75) is 24.5 Å². The molecule has 2 aromatic carbocycles. The van der Waals surface area contributed by atoms with Crippen LogP contribution < -0.4 is 10.6 Å². The summed E-state index contributed by atoms with van der Waals surface area (Å²) in [7, 11) is 1.32. The lowest BCUT2D eigenvalue weighted by Crippen LogP contribution is -2.44. The summed E-state index contributed by atoms with van der Waals surface area (Å²) in [6, 6.07) is 16.0. The van der Waals surface area contributed by atoms with Crippen LogP contribution in [0.25, 0.3) is 11.1 Å². The van der Waals surface area contributed by atoms with Crippen molar-refractivity contribution < 1.29 is 34.1 Å². The highest BCUT2D eigenvalue weighted by Gasteiger charge is 2.29. The molecule has 9 heteroatoms. The highest BCUT2D eigenvalue weighted by Crippen LogP contribution is 2.44. The number of ether oxygens (including phenoxy) is 2. The summed E-state index contributed by atoms with van der Waals surface area (Å²) in [5.41, 5.74) is 4.45. The third-order valence-corrected chi connectivity index (χ3v) is 5.35. The van der Waals surface area contributed by atoms with E-state index in [-0.39, 0.29) is 32.0 Å². The van der Waals surface area contributed by atoms with E-state index in [0.29, 0.717) is 0 Å². The number of fused-ring (bicyclic) bond motifs is 3. The van der Waals surface area contributed by atoms with Gasteiger partial charge in [-0.1, -0.05) is 48.5 Å². The smallest absolute Gasteiger partial charge is 0.407 e. The number of aliphatic hydroxyl groups is 1. The van der Waals surface area contributed by atoms with Gasteiger partial charge in [0.15, 0.2) is 12.2 Å². The number of carbonyl (C=O) groups excluding carboxylic acids is 2. The average Bonchev–Trinajstić information content (AvgIpc) is 3.11. The lowest BCUT2D eigenvalue weighted by Gasteiger charge is -2.18. The molecule has 0 saturated carbocycles. The van der Waals surface area contributed by atoms with Crippen molar-refractivity contribution in [3.63, 3.8) is 0 Å². The fraction of sp³-hybridized carbons (Fsp3) is 0.348. The number of aliphatic hydroxyl groups excluding tert-OH is 1. The molecule has 0 heterocycles. The van der Waals surface area contributed by atoms with E-state index in [1.807, 2.05) is 48.5 Å². The van der Waals surface area contributed by atoms with Crippen LogP contribution in [0.4, 0.5) is 4.79 Å². The fourth-order valence-corrected chi connectivity index (χ4v) is 3.68. The Morgan fingerprint density at radius 1 is 1.00 bits per heavy atom. The van der Waals surface area contributed by atoms with Gasteiger partial charge < -0.3 is 30.3 Å². The Balaban J connectivity index is 1.48. The molecule has 4 N–H and O–H groups in total. The fourth-order valence-electron chi connectivity index (χ4n) is 3.68. The number of hydrogen-bond donors (Lipinski definition) is 4. The second kappa shape index (κ2) is 10.7. The molecule has 0 saturated heterocycles. The second-order valence-electron chi connectivity index (χ2n) is 7.36. The minimum Gasteiger partial charge on any atom is -0.479 e. The molecule has 0 aliphatic heterocycles. The molecule has 9 nitrogen and oxygen atoms in total. The van der Waals surface area contributed by atoms with E-state index in [0.717, 1.165) is 22.3 Å². The van der Waals surface area contributed by atoms with Crippen LogP contribution in [0.3, 0.4) is 0 Å². The van der Waals surface area contributed by atoms with Gasteiger partial charge in [0.05, 0.1) is 6.54 Å². The first-order chi connectivity index (χ1) is 15.4. The third-order valence-electron chi connectivity index (χ3n) is 5.35. The number of alkyl carbamates (subject to hydrolysis) is 1. The van der Waals surface area contributed by atoms with Crippen LogP contribution in [0, 0.1) is 0 Å². The predicted octanol–water partition coefficient (Wildman–Crippen LogP) is 1.49. The van der Waals surface area contributed by atoms with Crippen LogP contribution in [0.2, 0.25) is 0 Å². The van der Waals surface area contributed by atoms with Crippen LogP contribution in [-0.4, -0.2) is 67.2 Å². The number of hydrogen-bond acceptors (Lipinski definition) is 6. The van der Waals surface area contributed by atoms with Crippen LogP contribution in [-0.2, 0) is 19.1 Å². The molecule has 1 aliphatic rings. The Hall–Kier alpha value is -3.43. The molecule has 32 heavy (non-hydrogen) atoms. The molecule has 0 fully saturated rings. The van der Waals surface area contributed by atoms with Gasteiger partial charge in [-0.15, -0.1) is 0 Å². The van der Waals surface area contributed by atoms with Gasteiger partial charge in [0, 0.05) is 26.0 Å². The molecule has 2 aromatic rings. The van der Waals surface area contributed by atoms with Crippen molar-refractivity contribution in [2.24, 2.45) is 0 Å². The molecule has 2 amide bonds. The van der Waals surface area contributed by atoms with E-state index in [4.69, 9.17) is 14.6 Å². The predicted molar refractivity (Wildman–Crippen MR) is 115 cm³/mol. The number of nitrogens with one attached hydrogen (secondary N) is 2. The van der Waals surface area contributed by atoms with Crippen molar-refractivity contribution in [1.82, 2.24) is 10.6 Å². The van der Waals surface area contributed by atoms with E-state index in [2.05, 4.69) is 10.6 Å². The zero-order valence-corrected chi connectivity index (χ0v) is 17.6. The molecule has 2 atom stereocenters. The lowest BCUT2D eigenvalue weighted by atomic mass is 9.98. The average molecular weight is 442 g/mol. The Morgan fingerprint density at radius 3 is 2.16 bits per heavy atom. The van der Waals surface area contributed by atoms with Gasteiger partial charge in [0.25, 0.3) is 5.91 Å². The first-order valence-corrected chi connectivity index (χ1v) is 10.2. The summed E-state index contributed by atoms with van der Waals surface area (Å²) in [6.45, 7) is -0.0195. The number of carboxylic acids is 1. The molecule has 170 valence electrons. The number of methoxy groups -OCH3 is 1. The maximum absolute atomic E-state index is 12.2. The number of rotatable bonds is 10. The summed E-state index contributed by atoms with van der Waals surface area (Å²) < 4.78 is 10.5. The van der Waals surface area contributed by atoms with E-state index < -0.39 is 30.2 Å². The normalized spacial score (nSPS) is 14.1. The molecular formula is C23H26N2O7. The Labute approximate surface area is 185 Å². The molecule has 0 radical (unpaired) electrons. The third kappa shape index (κ3) is 5.43. The van der Waals surface area contributed by atoms with Gasteiger partial charge in [-0.2, -0.15) is 0 Å². The van der Waals surface area contributed by atoms with Crippen LogP contribution in [0.1, 0.15) is 23.5 Å². The second-order valence-corrected chi connectivity index (χ2v) is 7.36. The van der Waals surface area contributed by atoms with E-state index in [1.165, 1.54) is 7.11 Å². The monoisotopic (exact) mass is 442 g/mol. The number of amides is 2. The highest BCUT2D eigenvalue weighted by atomic mass is 16.5. The van der Waals surface area contributed by atoms with Crippen LogP contribution >= 0.6 is 0 Å². The molecule has 0 aromatic heterocycles.